The maximum atomic E-state index is 5.79. The van der Waals surface area contributed by atoms with Crippen molar-refractivity contribution in [3.63, 3.8) is 0 Å². The molecule has 0 bridgehead atoms. The summed E-state index contributed by atoms with van der Waals surface area (Å²) in [5.74, 6) is 0. The van der Waals surface area contributed by atoms with E-state index in [4.69, 9.17) is 11.6 Å². The summed E-state index contributed by atoms with van der Waals surface area (Å²) in [6.45, 7) is 3.03. The van der Waals surface area contributed by atoms with Crippen LogP contribution in [0.5, 0.6) is 0 Å². The molecule has 0 saturated carbocycles. The van der Waals surface area contributed by atoms with Crippen LogP contribution in [0.4, 0.5) is 0 Å². The van der Waals surface area contributed by atoms with Crippen molar-refractivity contribution in [2.45, 2.75) is 6.92 Å². The van der Waals surface area contributed by atoms with Gasteiger partial charge < -0.3 is 5.32 Å². The van der Waals surface area contributed by atoms with E-state index in [-0.39, 0.29) is 0 Å². The molecule has 0 fully saturated rings. The Hall–Kier alpha value is -0.310. The zero-order chi connectivity index (χ0) is 8.97. The molecule has 1 rings (SSSR count). The molecule has 12 heavy (non-hydrogen) atoms. The van der Waals surface area contributed by atoms with Crippen LogP contribution in [0.1, 0.15) is 11.8 Å². The third-order valence-electron chi connectivity index (χ3n) is 1.44. The summed E-state index contributed by atoms with van der Waals surface area (Å²) in [6.07, 6.45) is 2.15. The monoisotopic (exact) mass is 201 g/mol. The van der Waals surface area contributed by atoms with Gasteiger partial charge in [-0.2, -0.15) is 0 Å². The summed E-state index contributed by atoms with van der Waals surface area (Å²) >= 11 is 7.40. The second kappa shape index (κ2) is 4.65. The normalized spacial score (nSPS) is 12.1. The van der Waals surface area contributed by atoms with E-state index in [2.05, 4.69) is 18.3 Å². The molecule has 1 nitrogen and oxygen atoms in total. The predicted molar refractivity (Wildman–Crippen MR) is 56.9 cm³/mol. The number of thiophene rings is 1. The van der Waals surface area contributed by atoms with Crippen LogP contribution >= 0.6 is 22.9 Å². The highest BCUT2D eigenvalue weighted by atomic mass is 35.5. The number of hydrogen-bond acceptors (Lipinski definition) is 2. The van der Waals surface area contributed by atoms with Gasteiger partial charge in [0.25, 0.3) is 0 Å². The molecule has 1 aromatic heterocycles. The highest BCUT2D eigenvalue weighted by Gasteiger charge is 1.94. The van der Waals surface area contributed by atoms with Crippen LogP contribution in [0, 0.1) is 0 Å². The fraction of sp³-hybridized carbons (Fsp3) is 0.333. The average molecular weight is 202 g/mol. The second-order valence-electron chi connectivity index (χ2n) is 2.66. The van der Waals surface area contributed by atoms with E-state index in [1.807, 2.05) is 19.2 Å². The summed E-state index contributed by atoms with van der Waals surface area (Å²) in [7, 11) is 1.94. The van der Waals surface area contributed by atoms with Crippen LogP contribution in [-0.4, -0.2) is 13.6 Å². The van der Waals surface area contributed by atoms with Crippen molar-refractivity contribution in [2.24, 2.45) is 0 Å². The van der Waals surface area contributed by atoms with Crippen molar-refractivity contribution in [2.75, 3.05) is 13.6 Å². The maximum Gasteiger partial charge on any atom is 0.0934 e. The smallest absolute Gasteiger partial charge is 0.0934 e. The van der Waals surface area contributed by atoms with Crippen LogP contribution in [0.2, 0.25) is 4.34 Å². The van der Waals surface area contributed by atoms with Gasteiger partial charge in [-0.1, -0.05) is 17.2 Å². The third kappa shape index (κ3) is 2.97. The lowest BCUT2D eigenvalue weighted by Gasteiger charge is -1.96. The van der Waals surface area contributed by atoms with Gasteiger partial charge in [0.2, 0.25) is 0 Å². The Morgan fingerprint density at radius 1 is 1.67 bits per heavy atom. The van der Waals surface area contributed by atoms with E-state index in [1.54, 1.807) is 11.3 Å². The Morgan fingerprint density at radius 2 is 2.42 bits per heavy atom. The van der Waals surface area contributed by atoms with Crippen LogP contribution in [0.15, 0.2) is 17.7 Å². The lowest BCUT2D eigenvalue weighted by atomic mass is 10.2. The first kappa shape index (κ1) is 9.78. The van der Waals surface area contributed by atoms with Crippen molar-refractivity contribution >= 4 is 29.0 Å². The number of halogens is 1. The molecule has 0 aliphatic rings. The van der Waals surface area contributed by atoms with Gasteiger partial charge in [0.05, 0.1) is 4.34 Å². The summed E-state index contributed by atoms with van der Waals surface area (Å²) in [5, 5.41) is 3.10. The van der Waals surface area contributed by atoms with Gasteiger partial charge in [0, 0.05) is 11.4 Å². The summed E-state index contributed by atoms with van der Waals surface area (Å²) in [6, 6.07) is 3.96. The first-order valence-corrected chi connectivity index (χ1v) is 4.99. The number of nitrogens with one attached hydrogen (secondary N) is 1. The minimum atomic E-state index is 0.846. The van der Waals surface area contributed by atoms with E-state index in [1.165, 1.54) is 10.5 Å². The molecule has 0 saturated heterocycles. The quantitative estimate of drug-likeness (QED) is 0.793. The number of likely N-dealkylation sites (N-methyl/N-ethyl adjacent to an activating group) is 1. The van der Waals surface area contributed by atoms with Crippen LogP contribution < -0.4 is 5.32 Å². The van der Waals surface area contributed by atoms with E-state index >= 15 is 0 Å². The van der Waals surface area contributed by atoms with Crippen molar-refractivity contribution in [1.29, 1.82) is 0 Å². The van der Waals surface area contributed by atoms with Crippen LogP contribution in [-0.2, 0) is 0 Å². The molecular weight excluding hydrogens is 190 g/mol. The van der Waals surface area contributed by atoms with E-state index in [9.17, 15) is 0 Å². The third-order valence-corrected chi connectivity index (χ3v) is 2.62. The fourth-order valence-electron chi connectivity index (χ4n) is 0.979. The Bertz CT molecular complexity index is 278. The zero-order valence-electron chi connectivity index (χ0n) is 7.23. The van der Waals surface area contributed by atoms with Gasteiger partial charge >= 0.3 is 0 Å². The molecule has 1 aromatic rings. The summed E-state index contributed by atoms with van der Waals surface area (Å²) < 4.78 is 0.846. The van der Waals surface area contributed by atoms with Crippen LogP contribution in [0.3, 0.4) is 0 Å². The maximum absolute atomic E-state index is 5.79. The Labute approximate surface area is 82.1 Å². The molecule has 0 spiro atoms. The molecule has 0 aliphatic carbocycles. The van der Waals surface area contributed by atoms with Gasteiger partial charge in [0.15, 0.2) is 0 Å². The van der Waals surface area contributed by atoms with E-state index in [0.717, 1.165) is 10.9 Å². The Morgan fingerprint density at radius 3 is 2.92 bits per heavy atom. The molecule has 0 atom stereocenters. The predicted octanol–water partition coefficient (Wildman–Crippen LogP) is 3.02. The molecule has 1 heterocycles. The average Bonchev–Trinajstić information content (AvgIpc) is 2.36. The van der Waals surface area contributed by atoms with Crippen molar-refractivity contribution in [1.82, 2.24) is 5.32 Å². The molecule has 66 valence electrons. The van der Waals surface area contributed by atoms with Crippen molar-refractivity contribution in [3.8, 4) is 0 Å². The van der Waals surface area contributed by atoms with Gasteiger partial charge in [-0.05, 0) is 32.2 Å². The standard InChI is InChI=1S/C9H12ClNS/c1-7(6-11-2)5-8-3-4-9(10)12-8/h3-5,11H,6H2,1-2H3/b7-5+. The fourth-order valence-corrected chi connectivity index (χ4v) is 2.07. The van der Waals surface area contributed by atoms with Gasteiger partial charge in [-0.15, -0.1) is 11.3 Å². The lowest BCUT2D eigenvalue weighted by molar-refractivity contribution is 0.885. The topological polar surface area (TPSA) is 12.0 Å². The van der Waals surface area contributed by atoms with Crippen molar-refractivity contribution < 1.29 is 0 Å². The minimum Gasteiger partial charge on any atom is -0.316 e. The highest BCUT2D eigenvalue weighted by molar-refractivity contribution is 7.17. The van der Waals surface area contributed by atoms with Gasteiger partial charge in [-0.25, -0.2) is 0 Å². The van der Waals surface area contributed by atoms with E-state index < -0.39 is 0 Å². The van der Waals surface area contributed by atoms with Gasteiger partial charge in [0.1, 0.15) is 0 Å². The van der Waals surface area contributed by atoms with E-state index in [0.29, 0.717) is 0 Å². The molecule has 0 unspecified atom stereocenters. The minimum absolute atomic E-state index is 0.846. The molecule has 1 N–H and O–H groups in total. The first-order chi connectivity index (χ1) is 5.72. The molecule has 0 radical (unpaired) electrons. The first-order valence-electron chi connectivity index (χ1n) is 3.79. The molecule has 0 amide bonds. The number of hydrogen-bond donors (Lipinski definition) is 1. The Balaban J connectivity index is 2.67. The SMILES string of the molecule is CNC/C(C)=C/c1ccc(Cl)s1. The molecule has 0 aliphatic heterocycles. The summed E-state index contributed by atoms with van der Waals surface area (Å²) in [4.78, 5) is 1.22. The second-order valence-corrected chi connectivity index (χ2v) is 4.41. The van der Waals surface area contributed by atoms with Crippen LogP contribution in [0.25, 0.3) is 6.08 Å². The Kier molecular flexibility index (Phi) is 3.79. The lowest BCUT2D eigenvalue weighted by Crippen LogP contribution is -2.08. The summed E-state index contributed by atoms with van der Waals surface area (Å²) in [5.41, 5.74) is 1.32. The molecular formula is C9H12ClNS. The molecule has 3 heteroatoms. The van der Waals surface area contributed by atoms with Crippen molar-refractivity contribution in [3.05, 3.63) is 26.9 Å². The largest absolute Gasteiger partial charge is 0.316 e. The zero-order valence-corrected chi connectivity index (χ0v) is 8.80. The van der Waals surface area contributed by atoms with Gasteiger partial charge in [-0.3, -0.25) is 0 Å². The number of rotatable bonds is 3. The molecule has 0 aromatic carbocycles. The highest BCUT2D eigenvalue weighted by Crippen LogP contribution is 2.23.